The summed E-state index contributed by atoms with van der Waals surface area (Å²) in [5, 5.41) is 12.2. The molecule has 2 aromatic carbocycles. The van der Waals surface area contributed by atoms with Gasteiger partial charge in [0.05, 0.1) is 18.0 Å². The summed E-state index contributed by atoms with van der Waals surface area (Å²) in [6.45, 7) is 8.00. The van der Waals surface area contributed by atoms with Gasteiger partial charge in [-0.3, -0.25) is 5.10 Å². The number of nitrogens with zero attached hydrogens (tertiary/aromatic N) is 6. The van der Waals surface area contributed by atoms with Crippen molar-refractivity contribution in [1.82, 2.24) is 34.8 Å². The van der Waals surface area contributed by atoms with E-state index in [0.717, 1.165) is 16.5 Å². The van der Waals surface area contributed by atoms with Gasteiger partial charge in [0.2, 0.25) is 11.8 Å². The molecule has 0 atom stereocenters. The monoisotopic (exact) mass is 1100 g/mol. The van der Waals surface area contributed by atoms with Crippen LogP contribution >= 0.6 is 77.2 Å². The summed E-state index contributed by atoms with van der Waals surface area (Å²) in [5.74, 6) is 3.21. The summed E-state index contributed by atoms with van der Waals surface area (Å²) in [4.78, 5) is 13.1. The van der Waals surface area contributed by atoms with Gasteiger partial charge in [0, 0.05) is 53.9 Å². The molecular weight excluding hydrogens is 1060 g/mol. The van der Waals surface area contributed by atoms with E-state index < -0.39 is 0 Å². The number of halogens is 4. The average molecular weight is 1100 g/mol. The normalized spacial score (nSPS) is 9.51. The van der Waals surface area contributed by atoms with Crippen LogP contribution in [0.1, 0.15) is 27.7 Å². The van der Waals surface area contributed by atoms with Crippen LogP contribution in [0.4, 0.5) is 11.6 Å². The van der Waals surface area contributed by atoms with Gasteiger partial charge in [0.15, 0.2) is 28.8 Å². The molecule has 0 amide bonds. The number of fused-ring (bicyclic) bond motifs is 3. The minimum absolute atomic E-state index is 0.305. The first-order valence-electron chi connectivity index (χ1n) is 13.4. The average Bonchev–Trinajstić information content (AvgIpc) is 3.92. The number of rotatable bonds is 3. The number of aromatic amines is 1. The van der Waals surface area contributed by atoms with E-state index in [1.807, 2.05) is 82.3 Å². The zero-order valence-corrected chi connectivity index (χ0v) is 34.7. The number of benzene rings is 2. The molecule has 11 nitrogen and oxygen atoms in total. The van der Waals surface area contributed by atoms with Crippen molar-refractivity contribution in [1.29, 1.82) is 0 Å². The summed E-state index contributed by atoms with van der Waals surface area (Å²) in [7, 11) is 0.628. The van der Waals surface area contributed by atoms with E-state index in [-0.39, 0.29) is 0 Å². The molecule has 5 heterocycles. The molecule has 5 aromatic heterocycles. The number of aromatic nitrogens is 7. The van der Waals surface area contributed by atoms with Crippen LogP contribution in [0.5, 0.6) is 0 Å². The van der Waals surface area contributed by atoms with Crippen LogP contribution in [0.3, 0.4) is 0 Å². The Balaban J connectivity index is 0.000000252. The number of nitrogen functional groups attached to an aromatic ring is 2. The minimum atomic E-state index is 0.305. The standard InChI is InChI=1S/C13H9N5O.C12H10N4O.2C2H6.I2.2HI.V/c14-13-15-9-5-2-1-4-8(9)12-16-11(17-18(12)13)10-6-3-7-19-10;13-9-5-2-1-4-8(9)11-14-12(16-15-11)10-6-3-7-17-10;3*1-2;;;/h1-7H,(H2,14,15);1-7H,13H2,(H,14,15,16);2*1-2H3;;2*1H;/q;;;;;;;+2/p-2. The summed E-state index contributed by atoms with van der Waals surface area (Å²) in [6, 6.07) is 22.4. The number of hydrogen-bond donors (Lipinski definition) is 3. The quantitative estimate of drug-likeness (QED) is 0.116. The number of nitrogens with two attached hydrogens (primary N) is 2. The fourth-order valence-corrected chi connectivity index (χ4v) is 3.69. The maximum atomic E-state index is 5.91. The van der Waals surface area contributed by atoms with Gasteiger partial charge in [0.1, 0.15) is 0 Å². The van der Waals surface area contributed by atoms with E-state index in [1.165, 1.54) is 4.52 Å². The van der Waals surface area contributed by atoms with Gasteiger partial charge >= 0.3 is 49.4 Å². The molecule has 237 valence electrons. The van der Waals surface area contributed by atoms with Gasteiger partial charge in [-0.25, -0.2) is 15.0 Å². The Morgan fingerprint density at radius 3 is 1.96 bits per heavy atom. The van der Waals surface area contributed by atoms with Crippen LogP contribution in [-0.4, -0.2) is 34.8 Å². The number of hydrogen-bond acceptors (Lipinski definition) is 9. The zero-order valence-electron chi connectivity index (χ0n) is 24.7. The molecule has 0 bridgehead atoms. The number of furan rings is 2. The third-order valence-corrected chi connectivity index (χ3v) is 5.39. The summed E-state index contributed by atoms with van der Waals surface area (Å²) in [6.07, 6.45) is 3.18. The second kappa shape index (κ2) is 21.8. The summed E-state index contributed by atoms with van der Waals surface area (Å²) < 4.78 is 12.1. The maximum absolute atomic E-state index is 5.91. The first kappa shape index (κ1) is 39.2. The molecule has 0 unspecified atom stereocenters. The predicted octanol–water partition coefficient (Wildman–Crippen LogP) is 10.0. The van der Waals surface area contributed by atoms with E-state index in [1.54, 1.807) is 30.7 Å². The molecular formula is C29H31I4N9O2V. The Hall–Kier alpha value is -1.95. The van der Waals surface area contributed by atoms with Crippen molar-refractivity contribution in [3.63, 3.8) is 0 Å². The Morgan fingerprint density at radius 2 is 1.33 bits per heavy atom. The first-order valence-corrected chi connectivity index (χ1v) is 28.7. The van der Waals surface area contributed by atoms with Crippen LogP contribution < -0.4 is 11.5 Å². The number of para-hydroxylation sites is 2. The summed E-state index contributed by atoms with van der Waals surface area (Å²) >= 11 is 8.98. The molecule has 5 N–H and O–H groups in total. The van der Waals surface area contributed by atoms with Crippen LogP contribution in [0.2, 0.25) is 0 Å². The molecule has 0 saturated carbocycles. The fourth-order valence-electron chi connectivity index (χ4n) is 3.69. The van der Waals surface area contributed by atoms with E-state index in [9.17, 15) is 0 Å². The molecule has 0 spiro atoms. The van der Waals surface area contributed by atoms with E-state index >= 15 is 0 Å². The van der Waals surface area contributed by atoms with Crippen molar-refractivity contribution < 1.29 is 18.3 Å². The van der Waals surface area contributed by atoms with E-state index in [2.05, 4.69) is 107 Å². The molecule has 0 radical (unpaired) electrons. The second-order valence-corrected chi connectivity index (χ2v) is 19.6. The van der Waals surface area contributed by atoms with Crippen LogP contribution in [0.15, 0.2) is 94.2 Å². The molecule has 0 aliphatic rings. The molecule has 0 aliphatic heterocycles. The third-order valence-electron chi connectivity index (χ3n) is 5.39. The van der Waals surface area contributed by atoms with Crippen molar-refractivity contribution in [2.75, 3.05) is 11.5 Å². The Labute approximate surface area is 313 Å². The molecule has 0 fully saturated rings. The van der Waals surface area contributed by atoms with Crippen LogP contribution in [0.25, 0.3) is 51.1 Å². The number of H-pyrrole nitrogens is 1. The Bertz CT molecular complexity index is 1810. The van der Waals surface area contributed by atoms with Crippen molar-refractivity contribution in [3.8, 4) is 34.6 Å². The van der Waals surface area contributed by atoms with Crippen LogP contribution in [-0.2, 0) is 9.47 Å². The number of nitrogens with one attached hydrogen (secondary N) is 1. The van der Waals surface area contributed by atoms with Crippen molar-refractivity contribution in [2.24, 2.45) is 0 Å². The molecule has 0 aliphatic carbocycles. The van der Waals surface area contributed by atoms with Crippen molar-refractivity contribution in [3.05, 3.63) is 85.3 Å². The fraction of sp³-hybridized carbons (Fsp3) is 0.138. The molecule has 7 rings (SSSR count). The number of anilines is 2. The Morgan fingerprint density at radius 1 is 0.733 bits per heavy atom. The van der Waals surface area contributed by atoms with E-state index in [0.29, 0.717) is 55.7 Å². The Kier molecular flexibility index (Phi) is 19.0. The van der Waals surface area contributed by atoms with Gasteiger partial charge in [-0.2, -0.15) is 9.61 Å². The topological polar surface area (TPSA) is 163 Å². The molecule has 45 heavy (non-hydrogen) atoms. The molecule has 0 saturated heterocycles. The van der Waals surface area contributed by atoms with Crippen molar-refractivity contribution >= 4 is 105 Å². The second-order valence-electron chi connectivity index (χ2n) is 7.77. The third kappa shape index (κ3) is 10.8. The molecule has 16 heteroatoms. The van der Waals surface area contributed by atoms with Crippen LogP contribution in [0, 0.1) is 0 Å². The van der Waals surface area contributed by atoms with Gasteiger partial charge in [0.25, 0.3) is 0 Å². The van der Waals surface area contributed by atoms with Gasteiger partial charge in [-0.05, 0) is 48.5 Å². The SMILES string of the molecule is CC.CC.II.Nc1ccccc1-c1n[nH]c(-c2ccco2)n1.Nc1nc2ccccc2c2nc(-c3ccco3)nn12.[I][V][I]. The first-order chi connectivity index (χ1) is 22.1. The zero-order chi connectivity index (χ0) is 33.2. The van der Waals surface area contributed by atoms with Gasteiger partial charge in [-0.1, -0.05) is 52.0 Å². The predicted molar refractivity (Wildman–Crippen MR) is 213 cm³/mol. The molecule has 7 aromatic rings. The summed E-state index contributed by atoms with van der Waals surface area (Å²) in [5.41, 5.74) is 14.7. The van der Waals surface area contributed by atoms with Gasteiger partial charge < -0.3 is 20.3 Å². The van der Waals surface area contributed by atoms with Crippen molar-refractivity contribution in [2.45, 2.75) is 27.7 Å². The van der Waals surface area contributed by atoms with E-state index in [4.69, 9.17) is 20.3 Å². The van der Waals surface area contributed by atoms with Gasteiger partial charge in [-0.15, -0.1) is 5.10 Å².